The Kier molecular flexibility index (Phi) is 6.32. The second kappa shape index (κ2) is 9.56. The summed E-state index contributed by atoms with van der Waals surface area (Å²) in [5.74, 6) is 0.250. The van der Waals surface area contributed by atoms with Crippen LogP contribution < -0.4 is 5.32 Å². The van der Waals surface area contributed by atoms with Gasteiger partial charge in [-0.15, -0.1) is 0 Å². The standard InChI is InChI=1S/C28H32N4O3/c1-20-10-12-22(13-11-20)18-29-27(34)28(2)19-32-24(17-23(30-32)25-9-6-16-35-25)26(33)31(28)15-14-21-7-4-3-5-8-21/h6-7,9-13,16-17H,3-5,8,14-15,18-19H2,1-2H3,(H,29,34). The van der Waals surface area contributed by atoms with E-state index in [1.54, 1.807) is 28.0 Å². The fourth-order valence-corrected chi connectivity index (χ4v) is 5.00. The topological polar surface area (TPSA) is 80.4 Å². The molecule has 2 aliphatic rings. The number of fused-ring (bicyclic) bond motifs is 1. The van der Waals surface area contributed by atoms with Gasteiger partial charge in [-0.05, 0) is 63.6 Å². The molecule has 0 bridgehead atoms. The number of hydrogen-bond donors (Lipinski definition) is 1. The van der Waals surface area contributed by atoms with Crippen molar-refractivity contribution in [3.8, 4) is 11.5 Å². The lowest BCUT2D eigenvalue weighted by Gasteiger charge is -2.43. The Morgan fingerprint density at radius 2 is 2.03 bits per heavy atom. The molecule has 7 nitrogen and oxygen atoms in total. The lowest BCUT2D eigenvalue weighted by atomic mass is 9.92. The third kappa shape index (κ3) is 4.67. The van der Waals surface area contributed by atoms with Crippen LogP contribution in [0.2, 0.25) is 0 Å². The van der Waals surface area contributed by atoms with Crippen LogP contribution in [0.25, 0.3) is 11.5 Å². The molecule has 35 heavy (non-hydrogen) atoms. The minimum absolute atomic E-state index is 0.175. The molecule has 2 amide bonds. The molecule has 0 spiro atoms. The average Bonchev–Trinajstić information content (AvgIpc) is 3.54. The van der Waals surface area contributed by atoms with Gasteiger partial charge in [0, 0.05) is 19.2 Å². The van der Waals surface area contributed by atoms with Crippen molar-refractivity contribution in [1.82, 2.24) is 20.0 Å². The number of carbonyl (C=O) groups is 2. The number of nitrogens with one attached hydrogen (secondary N) is 1. The van der Waals surface area contributed by atoms with Crippen molar-refractivity contribution in [2.45, 2.75) is 64.6 Å². The molecule has 0 saturated heterocycles. The Balaban J connectivity index is 1.42. The first-order valence-corrected chi connectivity index (χ1v) is 12.4. The highest BCUT2D eigenvalue weighted by Gasteiger charge is 2.47. The third-order valence-electron chi connectivity index (χ3n) is 7.18. The minimum Gasteiger partial charge on any atom is -0.463 e. The first-order valence-electron chi connectivity index (χ1n) is 12.4. The molecule has 2 aromatic heterocycles. The maximum atomic E-state index is 13.7. The molecule has 1 N–H and O–H groups in total. The molecular weight excluding hydrogens is 440 g/mol. The van der Waals surface area contributed by atoms with Crippen molar-refractivity contribution in [3.05, 3.63) is 77.2 Å². The smallest absolute Gasteiger partial charge is 0.273 e. The summed E-state index contributed by atoms with van der Waals surface area (Å²) in [5.41, 5.74) is 3.59. The first-order chi connectivity index (χ1) is 16.9. The number of allylic oxidation sites excluding steroid dienone is 1. The highest BCUT2D eigenvalue weighted by atomic mass is 16.3. The molecule has 0 fully saturated rings. The van der Waals surface area contributed by atoms with Gasteiger partial charge in [0.15, 0.2) is 5.76 Å². The monoisotopic (exact) mass is 472 g/mol. The van der Waals surface area contributed by atoms with Gasteiger partial charge in [-0.1, -0.05) is 41.5 Å². The van der Waals surface area contributed by atoms with Crippen LogP contribution in [-0.4, -0.2) is 38.6 Å². The van der Waals surface area contributed by atoms with Gasteiger partial charge < -0.3 is 14.6 Å². The van der Waals surface area contributed by atoms with Crippen molar-refractivity contribution < 1.29 is 14.0 Å². The van der Waals surface area contributed by atoms with Crippen LogP contribution in [-0.2, 0) is 17.9 Å². The summed E-state index contributed by atoms with van der Waals surface area (Å²) in [6.07, 6.45) is 9.24. The Labute approximate surface area is 205 Å². The van der Waals surface area contributed by atoms with Crippen LogP contribution in [0.3, 0.4) is 0 Å². The molecule has 3 aromatic rings. The quantitative estimate of drug-likeness (QED) is 0.498. The Morgan fingerprint density at radius 1 is 1.20 bits per heavy atom. The van der Waals surface area contributed by atoms with Crippen LogP contribution in [0.4, 0.5) is 0 Å². The average molecular weight is 473 g/mol. The van der Waals surface area contributed by atoms with Gasteiger partial charge in [0.2, 0.25) is 5.91 Å². The van der Waals surface area contributed by atoms with Crippen LogP contribution in [0.1, 0.15) is 60.6 Å². The van der Waals surface area contributed by atoms with Crippen LogP contribution in [0.5, 0.6) is 0 Å². The van der Waals surface area contributed by atoms with Crippen molar-refractivity contribution in [2.24, 2.45) is 0 Å². The summed E-state index contributed by atoms with van der Waals surface area (Å²) < 4.78 is 7.15. The molecule has 5 rings (SSSR count). The zero-order chi connectivity index (χ0) is 24.4. The van der Waals surface area contributed by atoms with E-state index in [2.05, 4.69) is 16.5 Å². The van der Waals surface area contributed by atoms with Crippen molar-refractivity contribution in [2.75, 3.05) is 6.54 Å². The summed E-state index contributed by atoms with van der Waals surface area (Å²) in [7, 11) is 0. The zero-order valence-electron chi connectivity index (χ0n) is 20.4. The second-order valence-corrected chi connectivity index (χ2v) is 9.81. The molecule has 1 unspecified atom stereocenters. The fraction of sp³-hybridized carbons (Fsp3) is 0.393. The van der Waals surface area contributed by atoms with Gasteiger partial charge >= 0.3 is 0 Å². The molecule has 0 saturated carbocycles. The Bertz CT molecular complexity index is 1240. The highest BCUT2D eigenvalue weighted by Crippen LogP contribution is 2.31. The van der Waals surface area contributed by atoms with Gasteiger partial charge in [0.05, 0.1) is 12.8 Å². The number of benzene rings is 1. The van der Waals surface area contributed by atoms with Gasteiger partial charge in [0.25, 0.3) is 5.91 Å². The number of hydrogen-bond acceptors (Lipinski definition) is 4. The normalized spacial score (nSPS) is 19.9. The molecule has 1 atom stereocenters. The number of carbonyl (C=O) groups excluding carboxylic acids is 2. The second-order valence-electron chi connectivity index (χ2n) is 9.81. The molecular formula is C28H32N4O3. The van der Waals surface area contributed by atoms with E-state index < -0.39 is 5.54 Å². The summed E-state index contributed by atoms with van der Waals surface area (Å²) >= 11 is 0. The molecule has 1 aliphatic carbocycles. The molecule has 7 heteroatoms. The molecule has 182 valence electrons. The van der Waals surface area contributed by atoms with E-state index in [0.717, 1.165) is 24.8 Å². The van der Waals surface area contributed by atoms with E-state index in [4.69, 9.17) is 4.42 Å². The molecule has 1 aromatic carbocycles. The van der Waals surface area contributed by atoms with Gasteiger partial charge in [0.1, 0.15) is 16.9 Å². The van der Waals surface area contributed by atoms with E-state index >= 15 is 0 Å². The fourth-order valence-electron chi connectivity index (χ4n) is 5.00. The van der Waals surface area contributed by atoms with Crippen LogP contribution in [0, 0.1) is 6.92 Å². The van der Waals surface area contributed by atoms with E-state index in [1.807, 2.05) is 44.2 Å². The summed E-state index contributed by atoms with van der Waals surface area (Å²) in [5, 5.41) is 7.69. The Morgan fingerprint density at radius 3 is 2.74 bits per heavy atom. The number of nitrogens with zero attached hydrogens (tertiary/aromatic N) is 3. The zero-order valence-corrected chi connectivity index (χ0v) is 20.4. The minimum atomic E-state index is -1.06. The molecule has 3 heterocycles. The number of rotatable bonds is 7. The highest BCUT2D eigenvalue weighted by molar-refractivity contribution is 6.00. The molecule has 0 radical (unpaired) electrons. The largest absolute Gasteiger partial charge is 0.463 e. The van der Waals surface area contributed by atoms with Crippen LogP contribution in [0.15, 0.2) is 64.8 Å². The van der Waals surface area contributed by atoms with Crippen molar-refractivity contribution in [3.63, 3.8) is 0 Å². The lowest BCUT2D eigenvalue weighted by molar-refractivity contribution is -0.133. The molecule has 1 aliphatic heterocycles. The maximum absolute atomic E-state index is 13.7. The summed E-state index contributed by atoms with van der Waals surface area (Å²) in [4.78, 5) is 29.1. The number of aryl methyl sites for hydroxylation is 1. The summed E-state index contributed by atoms with van der Waals surface area (Å²) in [6.45, 7) is 5.08. The van der Waals surface area contributed by atoms with E-state index in [-0.39, 0.29) is 18.4 Å². The number of aromatic nitrogens is 2. The van der Waals surface area contributed by atoms with Gasteiger partial charge in [-0.3, -0.25) is 14.3 Å². The van der Waals surface area contributed by atoms with E-state index in [1.165, 1.54) is 24.0 Å². The predicted molar refractivity (Wildman–Crippen MR) is 134 cm³/mol. The third-order valence-corrected chi connectivity index (χ3v) is 7.18. The van der Waals surface area contributed by atoms with Gasteiger partial charge in [-0.2, -0.15) is 5.10 Å². The lowest BCUT2D eigenvalue weighted by Crippen LogP contribution is -2.64. The van der Waals surface area contributed by atoms with Crippen molar-refractivity contribution in [1.29, 1.82) is 0 Å². The maximum Gasteiger partial charge on any atom is 0.273 e. The van der Waals surface area contributed by atoms with Gasteiger partial charge in [-0.25, -0.2) is 0 Å². The summed E-state index contributed by atoms with van der Waals surface area (Å²) in [6, 6.07) is 13.5. The SMILES string of the molecule is Cc1ccc(CNC(=O)C2(C)Cn3nc(-c4ccco4)cc3C(=O)N2CCC2=CCCCC2)cc1. The Hall–Kier alpha value is -3.61. The van der Waals surface area contributed by atoms with E-state index in [0.29, 0.717) is 30.2 Å². The number of amides is 2. The van der Waals surface area contributed by atoms with Crippen molar-refractivity contribution >= 4 is 11.8 Å². The van der Waals surface area contributed by atoms with Crippen LogP contribution >= 0.6 is 0 Å². The number of furan rings is 1. The van der Waals surface area contributed by atoms with E-state index in [9.17, 15) is 9.59 Å². The first kappa shape index (κ1) is 23.1. The predicted octanol–water partition coefficient (Wildman–Crippen LogP) is 4.87.